The highest BCUT2D eigenvalue weighted by Crippen LogP contribution is 2.30. The van der Waals surface area contributed by atoms with Crippen LogP contribution in [0.25, 0.3) is 0 Å². The summed E-state index contributed by atoms with van der Waals surface area (Å²) in [4.78, 5) is 13.9. The van der Waals surface area contributed by atoms with Gasteiger partial charge in [0.25, 0.3) is 5.91 Å². The van der Waals surface area contributed by atoms with E-state index in [1.54, 1.807) is 4.90 Å². The molecule has 0 radical (unpaired) electrons. The van der Waals surface area contributed by atoms with E-state index in [0.717, 1.165) is 38.3 Å². The van der Waals surface area contributed by atoms with Gasteiger partial charge in [-0.15, -0.1) is 0 Å². The van der Waals surface area contributed by atoms with E-state index in [9.17, 15) is 4.79 Å². The standard InChI is InChI=1S/C17H25NO3/c1-14-4-6-15(7-5-14)21-12-16(19)18(3)13-17(2)8-10-20-11-9-17/h4-7H,8-13H2,1-3H3. The average Bonchev–Trinajstić information content (AvgIpc) is 2.46. The fourth-order valence-electron chi connectivity index (χ4n) is 2.57. The molecule has 4 heteroatoms. The Morgan fingerprint density at radius 3 is 2.52 bits per heavy atom. The predicted molar refractivity (Wildman–Crippen MR) is 82.5 cm³/mol. The van der Waals surface area contributed by atoms with E-state index in [2.05, 4.69) is 6.92 Å². The summed E-state index contributed by atoms with van der Waals surface area (Å²) in [6.45, 7) is 6.67. The lowest BCUT2D eigenvalue weighted by Gasteiger charge is -2.36. The number of likely N-dealkylation sites (N-methyl/N-ethyl adjacent to an activating group) is 1. The van der Waals surface area contributed by atoms with E-state index in [4.69, 9.17) is 9.47 Å². The first-order chi connectivity index (χ1) is 9.98. The summed E-state index contributed by atoms with van der Waals surface area (Å²) in [6.07, 6.45) is 2.01. The zero-order valence-corrected chi connectivity index (χ0v) is 13.2. The highest BCUT2D eigenvalue weighted by molar-refractivity contribution is 5.77. The molecule has 1 aliphatic heterocycles. The first-order valence-corrected chi connectivity index (χ1v) is 7.50. The van der Waals surface area contributed by atoms with Gasteiger partial charge in [-0.1, -0.05) is 24.6 Å². The van der Waals surface area contributed by atoms with Crippen molar-refractivity contribution in [1.29, 1.82) is 0 Å². The molecule has 1 aliphatic rings. The van der Waals surface area contributed by atoms with Gasteiger partial charge in [0.2, 0.25) is 0 Å². The molecule has 0 N–H and O–H groups in total. The monoisotopic (exact) mass is 291 g/mol. The van der Waals surface area contributed by atoms with Gasteiger partial charge in [-0.2, -0.15) is 0 Å². The fraction of sp³-hybridized carbons (Fsp3) is 0.588. The fourth-order valence-corrected chi connectivity index (χ4v) is 2.57. The number of aryl methyl sites for hydroxylation is 1. The van der Waals surface area contributed by atoms with Crippen molar-refractivity contribution in [3.8, 4) is 5.75 Å². The number of carbonyl (C=O) groups is 1. The Morgan fingerprint density at radius 2 is 1.90 bits per heavy atom. The Balaban J connectivity index is 1.80. The van der Waals surface area contributed by atoms with Crippen molar-refractivity contribution in [2.75, 3.05) is 33.4 Å². The first-order valence-electron chi connectivity index (χ1n) is 7.50. The molecule has 1 saturated heterocycles. The van der Waals surface area contributed by atoms with Crippen LogP contribution in [0, 0.1) is 12.3 Å². The topological polar surface area (TPSA) is 38.8 Å². The van der Waals surface area contributed by atoms with Crippen LogP contribution >= 0.6 is 0 Å². The summed E-state index contributed by atoms with van der Waals surface area (Å²) in [5.41, 5.74) is 1.34. The van der Waals surface area contributed by atoms with Crippen molar-refractivity contribution in [2.24, 2.45) is 5.41 Å². The molecule has 116 valence electrons. The summed E-state index contributed by atoms with van der Waals surface area (Å²) in [6, 6.07) is 7.74. The SMILES string of the molecule is Cc1ccc(OCC(=O)N(C)CC2(C)CCOCC2)cc1. The van der Waals surface area contributed by atoms with E-state index in [1.165, 1.54) is 5.56 Å². The van der Waals surface area contributed by atoms with Crippen molar-refractivity contribution in [2.45, 2.75) is 26.7 Å². The number of nitrogens with zero attached hydrogens (tertiary/aromatic N) is 1. The third-order valence-corrected chi connectivity index (χ3v) is 4.13. The second-order valence-electron chi connectivity index (χ2n) is 6.27. The summed E-state index contributed by atoms with van der Waals surface area (Å²) in [5, 5.41) is 0. The smallest absolute Gasteiger partial charge is 0.260 e. The van der Waals surface area contributed by atoms with Gasteiger partial charge in [-0.25, -0.2) is 0 Å². The lowest BCUT2D eigenvalue weighted by molar-refractivity contribution is -0.134. The largest absolute Gasteiger partial charge is 0.484 e. The lowest BCUT2D eigenvalue weighted by Crippen LogP contribution is -2.42. The van der Waals surface area contributed by atoms with Gasteiger partial charge in [0.1, 0.15) is 5.75 Å². The van der Waals surface area contributed by atoms with Crippen LogP contribution < -0.4 is 4.74 Å². The molecule has 1 aromatic rings. The van der Waals surface area contributed by atoms with Gasteiger partial charge in [-0.3, -0.25) is 4.79 Å². The number of amides is 1. The molecule has 1 amide bonds. The molecule has 1 fully saturated rings. The molecule has 1 aromatic carbocycles. The zero-order valence-electron chi connectivity index (χ0n) is 13.2. The predicted octanol–water partition coefficient (Wildman–Crippen LogP) is 2.65. The molecule has 1 heterocycles. The molecule has 0 spiro atoms. The second-order valence-corrected chi connectivity index (χ2v) is 6.27. The van der Waals surface area contributed by atoms with E-state index in [0.29, 0.717) is 0 Å². The number of benzene rings is 1. The second kappa shape index (κ2) is 6.94. The molecule has 0 saturated carbocycles. The Bertz CT molecular complexity index is 463. The van der Waals surface area contributed by atoms with Crippen molar-refractivity contribution in [3.63, 3.8) is 0 Å². The minimum absolute atomic E-state index is 0.0169. The highest BCUT2D eigenvalue weighted by atomic mass is 16.5. The quantitative estimate of drug-likeness (QED) is 0.837. The molecule has 0 atom stereocenters. The van der Waals surface area contributed by atoms with Crippen LogP contribution in [0.5, 0.6) is 5.75 Å². The molecule has 21 heavy (non-hydrogen) atoms. The minimum atomic E-state index is 0.0169. The summed E-state index contributed by atoms with van der Waals surface area (Å²) in [7, 11) is 1.85. The summed E-state index contributed by atoms with van der Waals surface area (Å²) >= 11 is 0. The van der Waals surface area contributed by atoms with Gasteiger partial charge in [0.15, 0.2) is 6.61 Å². The Labute approximate surface area is 127 Å². The van der Waals surface area contributed by atoms with Gasteiger partial charge in [0, 0.05) is 26.8 Å². The third-order valence-electron chi connectivity index (χ3n) is 4.13. The maximum atomic E-state index is 12.2. The van der Waals surface area contributed by atoms with Crippen LogP contribution in [0.1, 0.15) is 25.3 Å². The first kappa shape index (κ1) is 15.8. The zero-order chi connectivity index (χ0) is 15.3. The van der Waals surface area contributed by atoms with Gasteiger partial charge >= 0.3 is 0 Å². The van der Waals surface area contributed by atoms with E-state index in [-0.39, 0.29) is 17.9 Å². The van der Waals surface area contributed by atoms with Crippen LogP contribution in [0.2, 0.25) is 0 Å². The molecular formula is C17H25NO3. The molecule has 0 unspecified atom stereocenters. The lowest BCUT2D eigenvalue weighted by atomic mass is 9.82. The van der Waals surface area contributed by atoms with Crippen molar-refractivity contribution >= 4 is 5.91 Å². The van der Waals surface area contributed by atoms with E-state index in [1.807, 2.05) is 38.2 Å². The molecule has 2 rings (SSSR count). The van der Waals surface area contributed by atoms with Crippen LogP contribution in [-0.4, -0.2) is 44.2 Å². The number of hydrogen-bond acceptors (Lipinski definition) is 3. The van der Waals surface area contributed by atoms with Crippen LogP contribution in [0.15, 0.2) is 24.3 Å². The van der Waals surface area contributed by atoms with Gasteiger partial charge < -0.3 is 14.4 Å². The molecule has 0 aliphatic carbocycles. The van der Waals surface area contributed by atoms with Gasteiger partial charge in [-0.05, 0) is 37.3 Å². The Kier molecular flexibility index (Phi) is 5.23. The molecule has 0 bridgehead atoms. The Hall–Kier alpha value is -1.55. The van der Waals surface area contributed by atoms with E-state index >= 15 is 0 Å². The van der Waals surface area contributed by atoms with Gasteiger partial charge in [0.05, 0.1) is 0 Å². The van der Waals surface area contributed by atoms with Crippen LogP contribution in [-0.2, 0) is 9.53 Å². The minimum Gasteiger partial charge on any atom is -0.484 e. The van der Waals surface area contributed by atoms with E-state index < -0.39 is 0 Å². The average molecular weight is 291 g/mol. The normalized spacial score (nSPS) is 17.3. The number of hydrogen-bond donors (Lipinski definition) is 0. The maximum absolute atomic E-state index is 12.2. The van der Waals surface area contributed by atoms with Crippen LogP contribution in [0.4, 0.5) is 0 Å². The number of rotatable bonds is 5. The molecule has 0 aromatic heterocycles. The van der Waals surface area contributed by atoms with Crippen LogP contribution in [0.3, 0.4) is 0 Å². The number of ether oxygens (including phenoxy) is 2. The molecular weight excluding hydrogens is 266 g/mol. The van der Waals surface area contributed by atoms with Crippen molar-refractivity contribution < 1.29 is 14.3 Å². The highest BCUT2D eigenvalue weighted by Gasteiger charge is 2.30. The summed E-state index contributed by atoms with van der Waals surface area (Å²) < 4.78 is 10.9. The Morgan fingerprint density at radius 1 is 1.29 bits per heavy atom. The third kappa shape index (κ3) is 4.74. The molecule has 4 nitrogen and oxygen atoms in total. The summed E-state index contributed by atoms with van der Waals surface area (Å²) in [5.74, 6) is 0.753. The maximum Gasteiger partial charge on any atom is 0.260 e. The van der Waals surface area contributed by atoms with Crippen molar-refractivity contribution in [3.05, 3.63) is 29.8 Å². The number of carbonyl (C=O) groups excluding carboxylic acids is 1. The van der Waals surface area contributed by atoms with Crippen molar-refractivity contribution in [1.82, 2.24) is 4.90 Å².